The molecule has 0 radical (unpaired) electrons. The molecule has 0 saturated heterocycles. The van der Waals surface area contributed by atoms with Crippen LogP contribution in [0.1, 0.15) is 42.2 Å². The predicted molar refractivity (Wildman–Crippen MR) is 67.4 cm³/mol. The fourth-order valence-corrected chi connectivity index (χ4v) is 1.49. The Bertz CT molecular complexity index is 491. The summed E-state index contributed by atoms with van der Waals surface area (Å²) in [6.45, 7) is 1.95. The van der Waals surface area contributed by atoms with Crippen LogP contribution in [-0.2, 0) is 4.79 Å². The number of unbranched alkanes of at least 4 members (excludes halogenated alkanes) is 1. The fraction of sp³-hybridized carbons (Fsp3) is 0.385. The van der Waals surface area contributed by atoms with E-state index in [0.29, 0.717) is 12.0 Å². The molecule has 19 heavy (non-hydrogen) atoms. The predicted octanol–water partition coefficient (Wildman–Crippen LogP) is 1.33. The third-order valence-corrected chi connectivity index (χ3v) is 2.57. The topological polar surface area (TPSA) is 103 Å². The number of nitrogens with one attached hydrogen (secondary N) is 1. The van der Waals surface area contributed by atoms with Crippen LogP contribution in [0.4, 0.5) is 0 Å². The number of nitriles is 1. The number of carbonyl (C=O) groups is 2. The normalized spacial score (nSPS) is 11.4. The summed E-state index contributed by atoms with van der Waals surface area (Å²) in [4.78, 5) is 26.6. The molecule has 0 aliphatic carbocycles. The molecule has 0 fully saturated rings. The first kappa shape index (κ1) is 14.6. The molecule has 6 heteroatoms. The highest BCUT2D eigenvalue weighted by atomic mass is 16.4. The smallest absolute Gasteiger partial charge is 0.326 e. The molecule has 1 atom stereocenters. The second-order valence-electron chi connectivity index (χ2n) is 4.05. The third kappa shape index (κ3) is 4.39. The number of rotatable bonds is 6. The second-order valence-corrected chi connectivity index (χ2v) is 4.05. The Hall–Kier alpha value is -2.42. The van der Waals surface area contributed by atoms with Gasteiger partial charge < -0.3 is 10.4 Å². The molecule has 1 rings (SSSR count). The summed E-state index contributed by atoms with van der Waals surface area (Å²) < 4.78 is 0. The van der Waals surface area contributed by atoms with Gasteiger partial charge in [0.05, 0.1) is 5.56 Å². The number of carbonyl (C=O) groups excluding carboxylic acids is 1. The summed E-state index contributed by atoms with van der Waals surface area (Å²) in [5, 5.41) is 20.0. The van der Waals surface area contributed by atoms with E-state index in [1.165, 1.54) is 18.3 Å². The Balaban J connectivity index is 2.70. The molecular weight excluding hydrogens is 246 g/mol. The molecule has 1 aromatic heterocycles. The summed E-state index contributed by atoms with van der Waals surface area (Å²) in [5.74, 6) is -1.61. The first-order chi connectivity index (χ1) is 9.08. The zero-order chi connectivity index (χ0) is 14.3. The van der Waals surface area contributed by atoms with Gasteiger partial charge in [0.25, 0.3) is 5.91 Å². The summed E-state index contributed by atoms with van der Waals surface area (Å²) in [7, 11) is 0. The molecule has 0 bridgehead atoms. The number of aliphatic carboxylic acids is 1. The van der Waals surface area contributed by atoms with E-state index in [4.69, 9.17) is 10.4 Å². The Kier molecular flexibility index (Phi) is 5.48. The van der Waals surface area contributed by atoms with Crippen molar-refractivity contribution in [2.75, 3.05) is 0 Å². The van der Waals surface area contributed by atoms with Gasteiger partial charge in [0.2, 0.25) is 0 Å². The Morgan fingerprint density at radius 1 is 1.53 bits per heavy atom. The van der Waals surface area contributed by atoms with Crippen molar-refractivity contribution in [1.29, 1.82) is 5.26 Å². The highest BCUT2D eigenvalue weighted by Gasteiger charge is 2.20. The van der Waals surface area contributed by atoms with Gasteiger partial charge in [0.15, 0.2) is 0 Å². The lowest BCUT2D eigenvalue weighted by Gasteiger charge is -2.13. The fourth-order valence-electron chi connectivity index (χ4n) is 1.49. The van der Waals surface area contributed by atoms with Gasteiger partial charge in [-0.3, -0.25) is 4.79 Å². The molecule has 100 valence electrons. The summed E-state index contributed by atoms with van der Waals surface area (Å²) >= 11 is 0. The molecule has 2 N–H and O–H groups in total. The zero-order valence-electron chi connectivity index (χ0n) is 10.6. The van der Waals surface area contributed by atoms with Gasteiger partial charge in [-0.25, -0.2) is 9.78 Å². The second kappa shape index (κ2) is 7.11. The van der Waals surface area contributed by atoms with E-state index >= 15 is 0 Å². The molecule has 0 saturated carbocycles. The SMILES string of the molecule is CCCC[C@H](NC(=O)c1ccc(C#N)cn1)C(=O)O. The number of nitrogens with zero attached hydrogens (tertiary/aromatic N) is 2. The van der Waals surface area contributed by atoms with Crippen LogP contribution < -0.4 is 5.32 Å². The lowest BCUT2D eigenvalue weighted by Crippen LogP contribution is -2.41. The largest absolute Gasteiger partial charge is 0.480 e. The first-order valence-corrected chi connectivity index (χ1v) is 5.98. The van der Waals surface area contributed by atoms with Crippen LogP contribution in [0.15, 0.2) is 18.3 Å². The van der Waals surface area contributed by atoms with Crippen LogP contribution in [0.25, 0.3) is 0 Å². The summed E-state index contributed by atoms with van der Waals surface area (Å²) in [6.07, 6.45) is 3.23. The van der Waals surface area contributed by atoms with Gasteiger partial charge in [0, 0.05) is 6.20 Å². The molecule has 1 amide bonds. The number of pyridine rings is 1. The van der Waals surface area contributed by atoms with Gasteiger partial charge in [-0.1, -0.05) is 19.8 Å². The molecule has 0 aliphatic heterocycles. The van der Waals surface area contributed by atoms with Crippen LogP contribution in [0, 0.1) is 11.3 Å². The standard InChI is InChI=1S/C13H15N3O3/c1-2-3-4-11(13(18)19)16-12(17)10-6-5-9(7-14)8-15-10/h5-6,8,11H,2-4H2,1H3,(H,16,17)(H,18,19)/t11-/m0/s1. The van der Waals surface area contributed by atoms with Crippen molar-refractivity contribution >= 4 is 11.9 Å². The van der Waals surface area contributed by atoms with Crippen molar-refractivity contribution < 1.29 is 14.7 Å². The number of hydrogen-bond donors (Lipinski definition) is 2. The van der Waals surface area contributed by atoms with Gasteiger partial charge >= 0.3 is 5.97 Å². The Morgan fingerprint density at radius 2 is 2.26 bits per heavy atom. The lowest BCUT2D eigenvalue weighted by atomic mass is 10.1. The monoisotopic (exact) mass is 261 g/mol. The summed E-state index contributed by atoms with van der Waals surface area (Å²) in [6, 6.07) is 3.84. The molecule has 1 heterocycles. The molecule has 0 aromatic carbocycles. The third-order valence-electron chi connectivity index (χ3n) is 2.57. The maximum absolute atomic E-state index is 11.8. The molecule has 0 aliphatic rings. The quantitative estimate of drug-likeness (QED) is 0.804. The Morgan fingerprint density at radius 3 is 2.74 bits per heavy atom. The lowest BCUT2D eigenvalue weighted by molar-refractivity contribution is -0.139. The van der Waals surface area contributed by atoms with Crippen LogP contribution in [0.2, 0.25) is 0 Å². The van der Waals surface area contributed by atoms with Crippen LogP contribution in [-0.4, -0.2) is 28.0 Å². The van der Waals surface area contributed by atoms with Crippen molar-refractivity contribution in [2.45, 2.75) is 32.2 Å². The number of amides is 1. The van der Waals surface area contributed by atoms with Crippen LogP contribution in [0.5, 0.6) is 0 Å². The van der Waals surface area contributed by atoms with E-state index in [9.17, 15) is 9.59 Å². The van der Waals surface area contributed by atoms with E-state index < -0.39 is 17.9 Å². The van der Waals surface area contributed by atoms with Gasteiger partial charge in [-0.2, -0.15) is 5.26 Å². The molecule has 1 aromatic rings. The minimum Gasteiger partial charge on any atom is -0.480 e. The van der Waals surface area contributed by atoms with E-state index in [-0.39, 0.29) is 5.69 Å². The average Bonchev–Trinajstić information content (AvgIpc) is 2.43. The van der Waals surface area contributed by atoms with Crippen molar-refractivity contribution in [1.82, 2.24) is 10.3 Å². The van der Waals surface area contributed by atoms with E-state index in [1.54, 1.807) is 0 Å². The van der Waals surface area contributed by atoms with Crippen LogP contribution >= 0.6 is 0 Å². The first-order valence-electron chi connectivity index (χ1n) is 5.98. The van der Waals surface area contributed by atoms with Crippen molar-refractivity contribution in [2.24, 2.45) is 0 Å². The average molecular weight is 261 g/mol. The molecular formula is C13H15N3O3. The summed E-state index contributed by atoms with van der Waals surface area (Å²) in [5.41, 5.74) is 0.444. The number of carboxylic acids is 1. The maximum Gasteiger partial charge on any atom is 0.326 e. The highest BCUT2D eigenvalue weighted by molar-refractivity contribution is 5.94. The van der Waals surface area contributed by atoms with Crippen molar-refractivity contribution in [3.63, 3.8) is 0 Å². The van der Waals surface area contributed by atoms with Crippen molar-refractivity contribution in [3.8, 4) is 6.07 Å². The maximum atomic E-state index is 11.8. The molecule has 6 nitrogen and oxygen atoms in total. The van der Waals surface area contributed by atoms with Gasteiger partial charge in [-0.05, 0) is 18.6 Å². The Labute approximate surface area is 111 Å². The van der Waals surface area contributed by atoms with E-state index in [0.717, 1.165) is 12.8 Å². The zero-order valence-corrected chi connectivity index (χ0v) is 10.6. The highest BCUT2D eigenvalue weighted by Crippen LogP contribution is 2.04. The number of aromatic nitrogens is 1. The van der Waals surface area contributed by atoms with Gasteiger partial charge in [0.1, 0.15) is 17.8 Å². The van der Waals surface area contributed by atoms with Crippen molar-refractivity contribution in [3.05, 3.63) is 29.6 Å². The molecule has 0 unspecified atom stereocenters. The minimum absolute atomic E-state index is 0.0988. The number of hydrogen-bond acceptors (Lipinski definition) is 4. The molecule has 0 spiro atoms. The van der Waals surface area contributed by atoms with E-state index in [1.807, 2.05) is 13.0 Å². The van der Waals surface area contributed by atoms with Gasteiger partial charge in [-0.15, -0.1) is 0 Å². The van der Waals surface area contributed by atoms with Crippen LogP contribution in [0.3, 0.4) is 0 Å². The number of carboxylic acid groups (broad SMARTS) is 1. The minimum atomic E-state index is -1.06. The van der Waals surface area contributed by atoms with E-state index in [2.05, 4.69) is 10.3 Å².